The number of hydrogen-bond donors (Lipinski definition) is 3. The van der Waals surface area contributed by atoms with E-state index in [2.05, 4.69) is 20.1 Å². The molecule has 3 aliphatic rings. The van der Waals surface area contributed by atoms with Crippen molar-refractivity contribution in [3.05, 3.63) is 35.4 Å². The van der Waals surface area contributed by atoms with Crippen molar-refractivity contribution in [1.82, 2.24) is 20.1 Å². The van der Waals surface area contributed by atoms with Gasteiger partial charge in [0, 0.05) is 13.1 Å². The molecule has 1 aromatic carbocycles. The minimum Gasteiger partial charge on any atom is -0.669 e. The molecule has 11 heteroatoms. The second kappa shape index (κ2) is 5.68. The molecule has 1 saturated heterocycles. The standard InChI is InChI=1S/C16H18BN4O6/c22-16(23)14-12(26-8-4-21(5-8)6-13-18-7-19-20-13)2-1-9-10-3-11(10)17(24,25)27-15(9)14/h1-2,7-8,10-11,24-25H,3-6H2,(H,22,23)(H,18,19,20)/q-1/p-1/t10-,11-/m1/s1. The molecule has 0 unspecified atom stereocenters. The summed E-state index contributed by atoms with van der Waals surface area (Å²) in [6.07, 6.45) is 1.81. The first kappa shape index (κ1) is 16.5. The summed E-state index contributed by atoms with van der Waals surface area (Å²) in [6, 6.07) is 3.33. The van der Waals surface area contributed by atoms with Crippen molar-refractivity contribution in [1.29, 1.82) is 0 Å². The number of carboxylic acid groups (broad SMARTS) is 1. The SMILES string of the molecule is O=C([O-])c1c(OC2CN(Cc3ncn[nH]3)C2)ccc2c1O[B-](O)(O)[C@@H]1C[C@H]21. The number of carbonyl (C=O) groups excluding carboxylic acids is 1. The first-order chi connectivity index (χ1) is 12.9. The Morgan fingerprint density at radius 1 is 1.44 bits per heavy atom. The lowest BCUT2D eigenvalue weighted by atomic mass is 9.68. The zero-order valence-electron chi connectivity index (χ0n) is 14.2. The summed E-state index contributed by atoms with van der Waals surface area (Å²) in [7, 11) is 0. The highest BCUT2D eigenvalue weighted by molar-refractivity contribution is 6.62. The van der Waals surface area contributed by atoms with E-state index in [0.29, 0.717) is 31.6 Å². The van der Waals surface area contributed by atoms with Crippen LogP contribution in [0.3, 0.4) is 0 Å². The number of H-pyrrole nitrogens is 1. The predicted molar refractivity (Wildman–Crippen MR) is 88.8 cm³/mol. The molecule has 3 N–H and O–H groups in total. The van der Waals surface area contributed by atoms with E-state index >= 15 is 0 Å². The number of fused-ring (bicyclic) bond motifs is 3. The highest BCUT2D eigenvalue weighted by atomic mass is 16.6. The number of benzene rings is 1. The number of ether oxygens (including phenoxy) is 1. The molecular weight excluding hydrogens is 355 g/mol. The van der Waals surface area contributed by atoms with Crippen LogP contribution in [0.1, 0.15) is 34.1 Å². The van der Waals surface area contributed by atoms with E-state index in [0.717, 1.165) is 5.82 Å². The molecule has 2 fully saturated rings. The third kappa shape index (κ3) is 2.74. The van der Waals surface area contributed by atoms with Crippen LogP contribution in [0.5, 0.6) is 11.5 Å². The first-order valence-electron chi connectivity index (χ1n) is 8.82. The van der Waals surface area contributed by atoms with Gasteiger partial charge in [-0.1, -0.05) is 18.3 Å². The quantitative estimate of drug-likeness (QED) is 0.540. The van der Waals surface area contributed by atoms with Gasteiger partial charge in [-0.15, -0.1) is 0 Å². The van der Waals surface area contributed by atoms with Gasteiger partial charge in [0.05, 0.1) is 23.8 Å². The van der Waals surface area contributed by atoms with Gasteiger partial charge in [0.2, 0.25) is 0 Å². The van der Waals surface area contributed by atoms with Crippen LogP contribution >= 0.6 is 0 Å². The second-order valence-corrected chi connectivity index (χ2v) is 7.40. The second-order valence-electron chi connectivity index (χ2n) is 7.40. The fourth-order valence-electron chi connectivity index (χ4n) is 4.03. The van der Waals surface area contributed by atoms with Crippen LogP contribution in [0.15, 0.2) is 18.5 Å². The van der Waals surface area contributed by atoms with Gasteiger partial charge >= 0.3 is 6.75 Å². The summed E-state index contributed by atoms with van der Waals surface area (Å²) in [5.74, 6) is -1.13. The molecule has 0 amide bonds. The maximum absolute atomic E-state index is 11.7. The average molecular weight is 372 g/mol. The molecule has 3 heterocycles. The van der Waals surface area contributed by atoms with Crippen LogP contribution in [-0.2, 0) is 6.54 Å². The maximum Gasteiger partial charge on any atom is 0.434 e. The summed E-state index contributed by atoms with van der Waals surface area (Å²) in [4.78, 5) is 17.9. The van der Waals surface area contributed by atoms with Gasteiger partial charge < -0.3 is 29.3 Å². The van der Waals surface area contributed by atoms with Gasteiger partial charge in [-0.25, -0.2) is 4.98 Å². The highest BCUT2D eigenvalue weighted by Gasteiger charge is 2.55. The lowest BCUT2D eigenvalue weighted by molar-refractivity contribution is -0.255. The Labute approximate surface area is 153 Å². The molecular formula is C16H17BN4O6-2. The number of aromatic nitrogens is 3. The van der Waals surface area contributed by atoms with E-state index in [9.17, 15) is 19.9 Å². The Morgan fingerprint density at radius 2 is 2.26 bits per heavy atom. The fourth-order valence-corrected chi connectivity index (χ4v) is 4.03. The molecule has 27 heavy (non-hydrogen) atoms. The summed E-state index contributed by atoms with van der Waals surface area (Å²) in [6.45, 7) is -1.27. The molecule has 1 aromatic heterocycles. The van der Waals surface area contributed by atoms with Crippen LogP contribution in [0.4, 0.5) is 0 Å². The number of nitrogens with zero attached hydrogens (tertiary/aromatic N) is 3. The normalized spacial score (nSPS) is 25.7. The Kier molecular flexibility index (Phi) is 3.48. The maximum atomic E-state index is 11.7. The number of rotatable bonds is 5. The van der Waals surface area contributed by atoms with Gasteiger partial charge in [0.1, 0.15) is 24.0 Å². The molecule has 2 aliphatic heterocycles. The smallest absolute Gasteiger partial charge is 0.434 e. The van der Waals surface area contributed by atoms with Crippen LogP contribution in [0.2, 0.25) is 5.82 Å². The Bertz CT molecular complexity index is 899. The van der Waals surface area contributed by atoms with Crippen molar-refractivity contribution >= 4 is 12.7 Å². The van der Waals surface area contributed by atoms with Gasteiger partial charge in [0.25, 0.3) is 0 Å². The Morgan fingerprint density at radius 3 is 2.96 bits per heavy atom. The summed E-state index contributed by atoms with van der Waals surface area (Å²) < 4.78 is 11.1. The molecule has 0 radical (unpaired) electrons. The predicted octanol–water partition coefficient (Wildman–Crippen LogP) is -1.40. The molecule has 142 valence electrons. The molecule has 0 spiro atoms. The summed E-state index contributed by atoms with van der Waals surface area (Å²) >= 11 is 0. The molecule has 1 saturated carbocycles. The van der Waals surface area contributed by atoms with Crippen molar-refractivity contribution < 1.29 is 29.3 Å². The average Bonchev–Trinajstić information content (AvgIpc) is 3.23. The number of aromatic carboxylic acids is 1. The fraction of sp³-hybridized carbons (Fsp3) is 0.438. The number of carboxylic acids is 1. The molecule has 2 atom stereocenters. The lowest BCUT2D eigenvalue weighted by Gasteiger charge is -2.40. The molecule has 10 nitrogen and oxygen atoms in total. The number of carbonyl (C=O) groups is 1. The Hall–Kier alpha value is -2.63. The highest BCUT2D eigenvalue weighted by Crippen LogP contribution is 2.63. The van der Waals surface area contributed by atoms with E-state index < -0.39 is 12.7 Å². The Balaban J connectivity index is 1.34. The van der Waals surface area contributed by atoms with Crippen molar-refractivity contribution in [2.75, 3.05) is 13.1 Å². The van der Waals surface area contributed by atoms with E-state index in [-0.39, 0.29) is 34.9 Å². The minimum absolute atomic E-state index is 0.0471. The van der Waals surface area contributed by atoms with Crippen LogP contribution in [0.25, 0.3) is 0 Å². The van der Waals surface area contributed by atoms with Crippen LogP contribution in [0, 0.1) is 0 Å². The largest absolute Gasteiger partial charge is 0.669 e. The number of aromatic amines is 1. The topological polar surface area (TPSA) is 144 Å². The van der Waals surface area contributed by atoms with Crippen molar-refractivity contribution in [2.45, 2.75) is 30.8 Å². The monoisotopic (exact) mass is 372 g/mol. The lowest BCUT2D eigenvalue weighted by Crippen LogP contribution is -2.53. The molecule has 1 aliphatic carbocycles. The zero-order chi connectivity index (χ0) is 18.8. The van der Waals surface area contributed by atoms with Crippen molar-refractivity contribution in [2.24, 2.45) is 0 Å². The first-order valence-corrected chi connectivity index (χ1v) is 8.82. The molecule has 0 bridgehead atoms. The van der Waals surface area contributed by atoms with E-state index in [4.69, 9.17) is 9.39 Å². The number of likely N-dealkylation sites (tertiary alicyclic amines) is 1. The third-order valence-corrected chi connectivity index (χ3v) is 5.50. The van der Waals surface area contributed by atoms with Gasteiger partial charge in [-0.3, -0.25) is 10.00 Å². The van der Waals surface area contributed by atoms with Crippen molar-refractivity contribution in [3.63, 3.8) is 0 Å². The number of nitrogens with one attached hydrogen (secondary N) is 1. The summed E-state index contributed by atoms with van der Waals surface area (Å²) in [5.41, 5.74) is 0.397. The third-order valence-electron chi connectivity index (χ3n) is 5.50. The van der Waals surface area contributed by atoms with Crippen LogP contribution < -0.4 is 14.5 Å². The van der Waals surface area contributed by atoms with Crippen LogP contribution in [-0.4, -0.2) is 62.0 Å². The molecule has 2 aromatic rings. The van der Waals surface area contributed by atoms with E-state index in [1.165, 1.54) is 6.33 Å². The van der Waals surface area contributed by atoms with Gasteiger partial charge in [0.15, 0.2) is 0 Å². The summed E-state index contributed by atoms with van der Waals surface area (Å²) in [5, 5.41) is 38.4. The van der Waals surface area contributed by atoms with E-state index in [1.807, 2.05) is 0 Å². The molecule has 5 rings (SSSR count). The number of hydrogen-bond acceptors (Lipinski definition) is 9. The van der Waals surface area contributed by atoms with Crippen molar-refractivity contribution in [3.8, 4) is 11.5 Å². The van der Waals surface area contributed by atoms with E-state index in [1.54, 1.807) is 12.1 Å². The van der Waals surface area contributed by atoms with Gasteiger partial charge in [-0.05, 0) is 17.5 Å². The van der Waals surface area contributed by atoms with Gasteiger partial charge in [-0.2, -0.15) is 5.10 Å². The zero-order valence-corrected chi connectivity index (χ0v) is 14.2. The minimum atomic E-state index is -3.07.